The first-order valence-electron chi connectivity index (χ1n) is 7.04. The number of nitrogens with one attached hydrogen (secondary N) is 1. The quantitative estimate of drug-likeness (QED) is 0.740. The number of halogens is 1. The van der Waals surface area contributed by atoms with Crippen LogP contribution in [0.15, 0.2) is 4.47 Å². The summed E-state index contributed by atoms with van der Waals surface area (Å²) < 4.78 is 3.28. The number of rotatable bonds is 8. The average molecular weight is 316 g/mol. The molecule has 0 spiro atoms. The highest BCUT2D eigenvalue weighted by Gasteiger charge is 2.12. The Morgan fingerprint density at radius 3 is 2.61 bits per heavy atom. The molecule has 0 saturated heterocycles. The molecule has 0 radical (unpaired) electrons. The van der Waals surface area contributed by atoms with E-state index >= 15 is 0 Å². The van der Waals surface area contributed by atoms with Crippen LogP contribution < -0.4 is 5.32 Å². The molecule has 0 atom stereocenters. The highest BCUT2D eigenvalue weighted by Crippen LogP contribution is 2.22. The molecule has 4 heteroatoms. The molecule has 0 amide bonds. The van der Waals surface area contributed by atoms with Crippen molar-refractivity contribution in [2.24, 2.45) is 5.92 Å². The fourth-order valence-electron chi connectivity index (χ4n) is 2.03. The molecule has 0 aromatic carbocycles. The summed E-state index contributed by atoms with van der Waals surface area (Å²) >= 11 is 3.67. The Morgan fingerprint density at radius 1 is 1.33 bits per heavy atom. The van der Waals surface area contributed by atoms with Gasteiger partial charge >= 0.3 is 0 Å². The maximum absolute atomic E-state index is 4.60. The number of hydrogen-bond donors (Lipinski definition) is 1. The van der Waals surface area contributed by atoms with E-state index in [0.29, 0.717) is 0 Å². The van der Waals surface area contributed by atoms with Gasteiger partial charge in [0, 0.05) is 13.1 Å². The van der Waals surface area contributed by atoms with Crippen molar-refractivity contribution in [3.63, 3.8) is 0 Å². The molecule has 1 rings (SSSR count). The molecule has 104 valence electrons. The average Bonchev–Trinajstić information content (AvgIpc) is 2.65. The van der Waals surface area contributed by atoms with Crippen molar-refractivity contribution in [1.29, 1.82) is 0 Å². The number of hydrogen-bond acceptors (Lipinski definition) is 2. The zero-order valence-corrected chi connectivity index (χ0v) is 13.7. The van der Waals surface area contributed by atoms with Crippen LogP contribution in [0.1, 0.15) is 51.9 Å². The lowest BCUT2D eigenvalue weighted by Gasteiger charge is -2.08. The second kappa shape index (κ2) is 7.95. The van der Waals surface area contributed by atoms with Crippen molar-refractivity contribution >= 4 is 15.9 Å². The number of aromatic nitrogens is 2. The highest BCUT2D eigenvalue weighted by molar-refractivity contribution is 9.10. The van der Waals surface area contributed by atoms with E-state index in [2.05, 4.69) is 58.7 Å². The topological polar surface area (TPSA) is 29.9 Å². The van der Waals surface area contributed by atoms with Crippen LogP contribution in [0.4, 0.5) is 0 Å². The van der Waals surface area contributed by atoms with Gasteiger partial charge < -0.3 is 5.32 Å². The largest absolute Gasteiger partial charge is 0.311 e. The Morgan fingerprint density at radius 2 is 2.06 bits per heavy atom. The highest BCUT2D eigenvalue weighted by atomic mass is 79.9. The third-order valence-electron chi connectivity index (χ3n) is 3.12. The molecule has 0 unspecified atom stereocenters. The van der Waals surface area contributed by atoms with Gasteiger partial charge in [0.25, 0.3) is 0 Å². The lowest BCUT2D eigenvalue weighted by molar-refractivity contribution is 0.515. The molecule has 0 aliphatic heterocycles. The Hall–Kier alpha value is -0.350. The summed E-state index contributed by atoms with van der Waals surface area (Å²) in [7, 11) is 0. The molecule has 3 nitrogen and oxygen atoms in total. The van der Waals surface area contributed by atoms with Gasteiger partial charge in [-0.25, -0.2) is 0 Å². The van der Waals surface area contributed by atoms with E-state index in [0.717, 1.165) is 37.7 Å². The molecular weight excluding hydrogens is 290 g/mol. The van der Waals surface area contributed by atoms with E-state index in [1.165, 1.54) is 23.0 Å². The minimum absolute atomic E-state index is 0.798. The van der Waals surface area contributed by atoms with Crippen LogP contribution in [0.5, 0.6) is 0 Å². The predicted octanol–water partition coefficient (Wildman–Crippen LogP) is 3.75. The van der Waals surface area contributed by atoms with E-state index in [-0.39, 0.29) is 0 Å². The van der Waals surface area contributed by atoms with E-state index in [4.69, 9.17) is 0 Å². The Kier molecular flexibility index (Phi) is 6.94. The fraction of sp³-hybridized carbons (Fsp3) is 0.786. The van der Waals surface area contributed by atoms with Crippen molar-refractivity contribution in [2.45, 2.75) is 60.0 Å². The number of nitrogens with zero attached hydrogens (tertiary/aromatic N) is 2. The van der Waals surface area contributed by atoms with Gasteiger partial charge in [0.2, 0.25) is 0 Å². The van der Waals surface area contributed by atoms with Gasteiger partial charge in [0.15, 0.2) is 0 Å². The molecule has 1 N–H and O–H groups in total. The first-order chi connectivity index (χ1) is 8.60. The van der Waals surface area contributed by atoms with E-state index in [9.17, 15) is 0 Å². The van der Waals surface area contributed by atoms with Crippen molar-refractivity contribution in [3.8, 4) is 0 Å². The van der Waals surface area contributed by atoms with Crippen molar-refractivity contribution in [2.75, 3.05) is 6.54 Å². The molecule has 0 aliphatic rings. The van der Waals surface area contributed by atoms with Crippen molar-refractivity contribution < 1.29 is 0 Å². The first kappa shape index (κ1) is 15.7. The van der Waals surface area contributed by atoms with Crippen molar-refractivity contribution in [1.82, 2.24) is 15.1 Å². The number of aryl methyl sites for hydroxylation is 2. The molecule has 0 aliphatic carbocycles. The van der Waals surface area contributed by atoms with E-state index < -0.39 is 0 Å². The smallest absolute Gasteiger partial charge is 0.0767 e. The van der Waals surface area contributed by atoms with Crippen LogP contribution in [-0.2, 0) is 19.5 Å². The molecule has 0 fully saturated rings. The van der Waals surface area contributed by atoms with Crippen LogP contribution in [0.25, 0.3) is 0 Å². The summed E-state index contributed by atoms with van der Waals surface area (Å²) in [5, 5.41) is 8.12. The zero-order valence-electron chi connectivity index (χ0n) is 12.1. The van der Waals surface area contributed by atoms with Gasteiger partial charge in [-0.05, 0) is 54.6 Å². The maximum atomic E-state index is 4.60. The van der Waals surface area contributed by atoms with Gasteiger partial charge in [-0.3, -0.25) is 4.68 Å². The van der Waals surface area contributed by atoms with Crippen molar-refractivity contribution in [3.05, 3.63) is 15.9 Å². The Labute approximate surface area is 119 Å². The van der Waals surface area contributed by atoms with Gasteiger partial charge in [-0.1, -0.05) is 20.8 Å². The molecule has 0 saturated carbocycles. The maximum Gasteiger partial charge on any atom is 0.0767 e. The molecular formula is C14H26BrN3. The Balaban J connectivity index is 2.48. The summed E-state index contributed by atoms with van der Waals surface area (Å²) in [6.45, 7) is 11.8. The van der Waals surface area contributed by atoms with Crippen LogP contribution in [-0.4, -0.2) is 16.3 Å². The van der Waals surface area contributed by atoms with E-state index in [1.54, 1.807) is 0 Å². The third-order valence-corrected chi connectivity index (χ3v) is 4.04. The van der Waals surface area contributed by atoms with E-state index in [1.807, 2.05) is 0 Å². The Bertz CT molecular complexity index is 358. The van der Waals surface area contributed by atoms with Gasteiger partial charge in [0.1, 0.15) is 0 Å². The van der Waals surface area contributed by atoms with Crippen LogP contribution in [0.2, 0.25) is 0 Å². The summed E-state index contributed by atoms with van der Waals surface area (Å²) in [6, 6.07) is 0. The van der Waals surface area contributed by atoms with Gasteiger partial charge in [-0.15, -0.1) is 0 Å². The van der Waals surface area contributed by atoms with Gasteiger partial charge in [0.05, 0.1) is 15.9 Å². The summed E-state index contributed by atoms with van der Waals surface area (Å²) in [5.41, 5.74) is 2.44. The molecule has 1 heterocycles. The summed E-state index contributed by atoms with van der Waals surface area (Å²) in [6.07, 6.45) is 3.52. The van der Waals surface area contributed by atoms with Crippen LogP contribution in [0, 0.1) is 5.92 Å². The summed E-state index contributed by atoms with van der Waals surface area (Å²) in [4.78, 5) is 0. The van der Waals surface area contributed by atoms with Crippen LogP contribution in [0.3, 0.4) is 0 Å². The standard InChI is InChI=1S/C14H26BrN3/c1-5-12-14(15)13(18(6-2)17-12)10-16-9-7-8-11(3)4/h11,16H,5-10H2,1-4H3. The van der Waals surface area contributed by atoms with Gasteiger partial charge in [-0.2, -0.15) is 5.10 Å². The fourth-order valence-corrected chi connectivity index (χ4v) is 2.73. The van der Waals surface area contributed by atoms with Crippen LogP contribution >= 0.6 is 15.9 Å². The SMILES string of the molecule is CCc1nn(CC)c(CNCCCC(C)C)c1Br. The summed E-state index contributed by atoms with van der Waals surface area (Å²) in [5.74, 6) is 0.798. The second-order valence-corrected chi connectivity index (χ2v) is 5.88. The molecule has 1 aromatic rings. The monoisotopic (exact) mass is 315 g/mol. The molecule has 1 aromatic heterocycles. The lowest BCUT2D eigenvalue weighted by Crippen LogP contribution is -2.18. The lowest BCUT2D eigenvalue weighted by atomic mass is 10.1. The third kappa shape index (κ3) is 4.39. The first-order valence-corrected chi connectivity index (χ1v) is 7.84. The minimum atomic E-state index is 0.798. The predicted molar refractivity (Wildman–Crippen MR) is 80.8 cm³/mol. The zero-order chi connectivity index (χ0) is 13.5. The molecule has 0 bridgehead atoms. The second-order valence-electron chi connectivity index (χ2n) is 5.09. The molecule has 18 heavy (non-hydrogen) atoms. The minimum Gasteiger partial charge on any atom is -0.311 e. The normalized spacial score (nSPS) is 11.4.